The lowest BCUT2D eigenvalue weighted by Crippen LogP contribution is -2.30. The number of aryl methyl sites for hydroxylation is 1. The van der Waals surface area contributed by atoms with E-state index in [1.54, 1.807) is 26.1 Å². The van der Waals surface area contributed by atoms with Crippen LogP contribution in [0, 0.1) is 6.92 Å². The number of allylic oxidation sites excluding steroid dienone is 2. The molecule has 5 heteroatoms. The minimum Gasteiger partial charge on any atom is -0.392 e. The van der Waals surface area contributed by atoms with E-state index in [4.69, 9.17) is 5.11 Å². The summed E-state index contributed by atoms with van der Waals surface area (Å²) in [5.74, 6) is -2.90. The molecule has 1 unspecified atom stereocenters. The van der Waals surface area contributed by atoms with Crippen LogP contribution in [-0.2, 0) is 6.61 Å². The number of aliphatic hydroxyl groups is 1. The zero-order valence-electron chi connectivity index (χ0n) is 11.7. The Morgan fingerprint density at radius 3 is 2.63 bits per heavy atom. The molecule has 0 saturated carbocycles. The van der Waals surface area contributed by atoms with Crippen molar-refractivity contribution in [2.45, 2.75) is 46.3 Å². The van der Waals surface area contributed by atoms with Crippen molar-refractivity contribution >= 4 is 0 Å². The van der Waals surface area contributed by atoms with Crippen LogP contribution in [0.2, 0.25) is 0 Å². The van der Waals surface area contributed by atoms with Crippen LogP contribution in [0.1, 0.15) is 43.6 Å². The molecule has 0 aliphatic heterocycles. The number of nitrogens with one attached hydrogen (secondary N) is 1. The molecule has 1 heterocycles. The number of nitrogens with zero attached hydrogens (tertiary/aromatic N) is 1. The van der Waals surface area contributed by atoms with Crippen LogP contribution in [0.3, 0.4) is 0 Å². The molecule has 0 spiro atoms. The molecule has 1 atom stereocenters. The van der Waals surface area contributed by atoms with E-state index in [1.807, 2.05) is 6.92 Å². The van der Waals surface area contributed by atoms with Gasteiger partial charge in [-0.1, -0.05) is 12.1 Å². The molecule has 0 aliphatic rings. The Morgan fingerprint density at radius 1 is 1.58 bits per heavy atom. The number of hydrogen-bond acceptors (Lipinski definition) is 3. The predicted molar refractivity (Wildman–Crippen MR) is 70.8 cm³/mol. The number of rotatable bonds is 5. The first kappa shape index (κ1) is 15.6. The first-order valence-electron chi connectivity index (χ1n) is 6.17. The average Bonchev–Trinajstić information content (AvgIpc) is 2.33. The van der Waals surface area contributed by atoms with Crippen LogP contribution in [-0.4, -0.2) is 16.0 Å². The normalized spacial score (nSPS) is 14.4. The van der Waals surface area contributed by atoms with Crippen molar-refractivity contribution in [3.63, 3.8) is 0 Å². The van der Waals surface area contributed by atoms with E-state index in [9.17, 15) is 8.78 Å². The highest BCUT2D eigenvalue weighted by Gasteiger charge is 2.28. The lowest BCUT2D eigenvalue weighted by atomic mass is 10.1. The van der Waals surface area contributed by atoms with E-state index in [2.05, 4.69) is 10.3 Å². The third-order valence-electron chi connectivity index (χ3n) is 2.90. The van der Waals surface area contributed by atoms with Crippen molar-refractivity contribution in [2.24, 2.45) is 0 Å². The quantitative estimate of drug-likeness (QED) is 0.864. The summed E-state index contributed by atoms with van der Waals surface area (Å²) in [7, 11) is 0. The largest absolute Gasteiger partial charge is 0.392 e. The summed E-state index contributed by atoms with van der Waals surface area (Å²) in [6.07, 6.45) is 2.92. The second-order valence-electron chi connectivity index (χ2n) is 4.66. The number of aromatic nitrogens is 1. The van der Waals surface area contributed by atoms with Crippen molar-refractivity contribution in [3.8, 4) is 0 Å². The minimum atomic E-state index is -2.90. The topological polar surface area (TPSA) is 45.2 Å². The molecule has 0 fully saturated rings. The fourth-order valence-electron chi connectivity index (χ4n) is 1.95. The van der Waals surface area contributed by atoms with Crippen LogP contribution < -0.4 is 5.32 Å². The van der Waals surface area contributed by atoms with Crippen LogP contribution in [0.5, 0.6) is 0 Å². The SMILES string of the molecule is C/C=C(\NC(C)c1ncc(CO)cc1C)C(C)(F)F. The van der Waals surface area contributed by atoms with Crippen LogP contribution in [0.15, 0.2) is 24.0 Å². The molecule has 0 saturated heterocycles. The lowest BCUT2D eigenvalue weighted by molar-refractivity contribution is 0.0536. The Labute approximate surface area is 112 Å². The number of aliphatic hydroxyl groups excluding tert-OH is 1. The van der Waals surface area contributed by atoms with E-state index < -0.39 is 5.92 Å². The zero-order chi connectivity index (χ0) is 14.6. The van der Waals surface area contributed by atoms with Crippen molar-refractivity contribution in [3.05, 3.63) is 40.9 Å². The monoisotopic (exact) mass is 270 g/mol. The summed E-state index contributed by atoms with van der Waals surface area (Å²) < 4.78 is 26.6. The summed E-state index contributed by atoms with van der Waals surface area (Å²) in [5.41, 5.74) is 2.15. The van der Waals surface area contributed by atoms with Crippen molar-refractivity contribution < 1.29 is 13.9 Å². The highest BCUT2D eigenvalue weighted by molar-refractivity contribution is 5.27. The number of alkyl halides is 2. The summed E-state index contributed by atoms with van der Waals surface area (Å²) in [4.78, 5) is 4.22. The minimum absolute atomic E-state index is 0.0803. The van der Waals surface area contributed by atoms with E-state index in [0.717, 1.165) is 12.5 Å². The Morgan fingerprint density at radius 2 is 2.21 bits per heavy atom. The molecule has 0 radical (unpaired) electrons. The Hall–Kier alpha value is -1.49. The summed E-state index contributed by atoms with van der Waals surface area (Å²) in [5, 5.41) is 11.8. The van der Waals surface area contributed by atoms with Gasteiger partial charge >= 0.3 is 0 Å². The first-order chi connectivity index (χ1) is 8.79. The van der Waals surface area contributed by atoms with Gasteiger partial charge in [-0.3, -0.25) is 4.98 Å². The molecular weight excluding hydrogens is 250 g/mol. The van der Waals surface area contributed by atoms with Crippen LogP contribution >= 0.6 is 0 Å². The number of pyridine rings is 1. The smallest absolute Gasteiger partial charge is 0.284 e. The molecular formula is C14H20F2N2O. The average molecular weight is 270 g/mol. The highest BCUT2D eigenvalue weighted by Crippen LogP contribution is 2.25. The molecule has 0 amide bonds. The third kappa shape index (κ3) is 3.99. The van der Waals surface area contributed by atoms with Gasteiger partial charge in [0, 0.05) is 13.1 Å². The van der Waals surface area contributed by atoms with Crippen molar-refractivity contribution in [1.82, 2.24) is 10.3 Å². The van der Waals surface area contributed by atoms with Gasteiger partial charge in [0.15, 0.2) is 0 Å². The van der Waals surface area contributed by atoms with Crippen LogP contribution in [0.25, 0.3) is 0 Å². The van der Waals surface area contributed by atoms with Gasteiger partial charge in [-0.25, -0.2) is 8.78 Å². The molecule has 1 rings (SSSR count). The van der Waals surface area contributed by atoms with Gasteiger partial charge in [0.25, 0.3) is 5.92 Å². The molecule has 0 aromatic carbocycles. The maximum Gasteiger partial charge on any atom is 0.284 e. The van der Waals surface area contributed by atoms with Crippen molar-refractivity contribution in [1.29, 1.82) is 0 Å². The summed E-state index contributed by atoms with van der Waals surface area (Å²) in [6.45, 7) is 5.98. The fourth-order valence-corrected chi connectivity index (χ4v) is 1.95. The Bertz CT molecular complexity index is 467. The van der Waals surface area contributed by atoms with Gasteiger partial charge in [-0.05, 0) is 31.9 Å². The van der Waals surface area contributed by atoms with Gasteiger partial charge in [0.1, 0.15) is 0 Å². The Balaban J connectivity index is 2.92. The summed E-state index contributed by atoms with van der Waals surface area (Å²) in [6, 6.07) is 1.48. The fraction of sp³-hybridized carbons (Fsp3) is 0.500. The second-order valence-corrected chi connectivity index (χ2v) is 4.66. The van der Waals surface area contributed by atoms with Gasteiger partial charge in [0.05, 0.1) is 24.0 Å². The van der Waals surface area contributed by atoms with Gasteiger partial charge < -0.3 is 10.4 Å². The molecule has 19 heavy (non-hydrogen) atoms. The lowest BCUT2D eigenvalue weighted by Gasteiger charge is -2.23. The summed E-state index contributed by atoms with van der Waals surface area (Å²) >= 11 is 0. The van der Waals surface area contributed by atoms with Crippen LogP contribution in [0.4, 0.5) is 8.78 Å². The van der Waals surface area contributed by atoms with E-state index in [0.29, 0.717) is 11.3 Å². The number of halogens is 2. The van der Waals surface area contributed by atoms with Gasteiger partial charge in [0.2, 0.25) is 0 Å². The van der Waals surface area contributed by atoms with Gasteiger partial charge in [-0.15, -0.1) is 0 Å². The zero-order valence-corrected chi connectivity index (χ0v) is 11.7. The maximum atomic E-state index is 13.3. The van der Waals surface area contributed by atoms with Crippen molar-refractivity contribution in [2.75, 3.05) is 0 Å². The molecule has 0 aliphatic carbocycles. The van der Waals surface area contributed by atoms with Gasteiger partial charge in [-0.2, -0.15) is 0 Å². The first-order valence-corrected chi connectivity index (χ1v) is 6.17. The van der Waals surface area contributed by atoms with E-state index in [1.165, 1.54) is 6.08 Å². The molecule has 3 nitrogen and oxygen atoms in total. The maximum absolute atomic E-state index is 13.3. The molecule has 0 bridgehead atoms. The predicted octanol–water partition coefficient (Wildman–Crippen LogP) is 3.09. The Kier molecular flexibility index (Phi) is 5.00. The number of hydrogen-bond donors (Lipinski definition) is 2. The highest BCUT2D eigenvalue weighted by atomic mass is 19.3. The standard InChI is InChI=1S/C14H20F2N2O/c1-5-12(14(4,15)16)18-10(3)13-9(2)6-11(8-19)7-17-13/h5-7,10,18-19H,8H2,1-4H3/b12-5-. The molecule has 1 aromatic heterocycles. The third-order valence-corrected chi connectivity index (χ3v) is 2.90. The second kappa shape index (κ2) is 6.10. The van der Waals surface area contributed by atoms with E-state index in [-0.39, 0.29) is 18.3 Å². The molecule has 2 N–H and O–H groups in total. The van der Waals surface area contributed by atoms with E-state index >= 15 is 0 Å². The molecule has 1 aromatic rings. The molecule has 106 valence electrons.